The topological polar surface area (TPSA) is 35.5 Å². The van der Waals surface area contributed by atoms with Crippen LogP contribution in [0.3, 0.4) is 0 Å². The summed E-state index contributed by atoms with van der Waals surface area (Å²) in [5, 5.41) is 0. The highest BCUT2D eigenvalue weighted by Gasteiger charge is 2.48. The third kappa shape index (κ3) is 5.14. The molecule has 0 amide bonds. The standard InChI is InChI=1S/C28H37BrO3Si/c1-18(2)33(19(3)4,20(5)6)32-26-17-23(16-22-10-8-9-11-25(22)26)27(28(30)31-7)21-12-14-24(29)15-13-21/h8-15,17-20,23,27H,16H2,1-7H3/t23-,27+/m1/s1. The van der Waals surface area contributed by atoms with E-state index < -0.39 is 8.32 Å². The largest absolute Gasteiger partial charge is 0.542 e. The molecule has 0 fully saturated rings. The number of fused-ring (bicyclic) bond motifs is 1. The van der Waals surface area contributed by atoms with Crippen LogP contribution >= 0.6 is 15.9 Å². The van der Waals surface area contributed by atoms with E-state index in [-0.39, 0.29) is 17.8 Å². The zero-order chi connectivity index (χ0) is 24.3. The minimum absolute atomic E-state index is 0.0401. The molecular formula is C28H37BrO3Si. The fourth-order valence-electron chi connectivity index (χ4n) is 5.74. The van der Waals surface area contributed by atoms with Crippen LogP contribution < -0.4 is 0 Å². The predicted molar refractivity (Wildman–Crippen MR) is 143 cm³/mol. The number of methoxy groups -OCH3 is 1. The van der Waals surface area contributed by atoms with Gasteiger partial charge in [0.1, 0.15) is 5.76 Å². The van der Waals surface area contributed by atoms with Gasteiger partial charge in [0.05, 0.1) is 13.0 Å². The van der Waals surface area contributed by atoms with E-state index >= 15 is 0 Å². The maximum atomic E-state index is 13.0. The zero-order valence-corrected chi connectivity index (χ0v) is 23.5. The molecule has 3 rings (SSSR count). The molecule has 178 valence electrons. The first-order valence-corrected chi connectivity index (χ1v) is 14.9. The summed E-state index contributed by atoms with van der Waals surface area (Å²) >= 11 is 3.51. The second-order valence-corrected chi connectivity index (χ2v) is 16.3. The molecule has 33 heavy (non-hydrogen) atoms. The number of esters is 1. The number of ether oxygens (including phenoxy) is 1. The van der Waals surface area contributed by atoms with Gasteiger partial charge in [-0.2, -0.15) is 0 Å². The predicted octanol–water partition coefficient (Wildman–Crippen LogP) is 8.11. The number of halogens is 1. The van der Waals surface area contributed by atoms with E-state index in [0.29, 0.717) is 16.6 Å². The molecule has 0 spiro atoms. The van der Waals surface area contributed by atoms with Crippen LogP contribution in [0, 0.1) is 5.92 Å². The van der Waals surface area contributed by atoms with Crippen LogP contribution in [0.5, 0.6) is 0 Å². The van der Waals surface area contributed by atoms with E-state index in [9.17, 15) is 4.79 Å². The molecule has 1 aliphatic carbocycles. The molecule has 0 unspecified atom stereocenters. The fraction of sp³-hybridized carbons (Fsp3) is 0.464. The van der Waals surface area contributed by atoms with Crippen molar-refractivity contribution in [3.8, 4) is 0 Å². The summed E-state index contributed by atoms with van der Waals surface area (Å²) in [7, 11) is -0.688. The normalized spacial score (nSPS) is 17.1. The Kier molecular flexibility index (Phi) is 8.28. The number of carbonyl (C=O) groups excluding carboxylic acids is 1. The lowest BCUT2D eigenvalue weighted by atomic mass is 9.77. The average molecular weight is 530 g/mol. The Morgan fingerprint density at radius 2 is 1.52 bits per heavy atom. The highest BCUT2D eigenvalue weighted by atomic mass is 79.9. The van der Waals surface area contributed by atoms with Crippen molar-refractivity contribution >= 4 is 36.0 Å². The van der Waals surface area contributed by atoms with Gasteiger partial charge in [-0.05, 0) is 52.4 Å². The van der Waals surface area contributed by atoms with E-state index in [1.165, 1.54) is 12.7 Å². The summed E-state index contributed by atoms with van der Waals surface area (Å²) in [5.41, 5.74) is 4.75. The molecule has 1 aliphatic rings. The summed E-state index contributed by atoms with van der Waals surface area (Å²) in [6.45, 7) is 13.8. The first-order chi connectivity index (χ1) is 15.6. The molecule has 0 radical (unpaired) electrons. The number of hydrogen-bond acceptors (Lipinski definition) is 3. The van der Waals surface area contributed by atoms with Gasteiger partial charge in [-0.1, -0.05) is 93.9 Å². The number of rotatable bonds is 8. The Morgan fingerprint density at radius 3 is 2.06 bits per heavy atom. The van der Waals surface area contributed by atoms with Gasteiger partial charge in [0.15, 0.2) is 0 Å². The lowest BCUT2D eigenvalue weighted by molar-refractivity contribution is -0.143. The number of benzene rings is 2. The van der Waals surface area contributed by atoms with E-state index in [1.54, 1.807) is 0 Å². The molecule has 2 atom stereocenters. The van der Waals surface area contributed by atoms with Crippen molar-refractivity contribution in [3.63, 3.8) is 0 Å². The summed E-state index contributed by atoms with van der Waals surface area (Å²) in [5.74, 6) is 0.304. The third-order valence-electron chi connectivity index (χ3n) is 7.21. The summed E-state index contributed by atoms with van der Waals surface area (Å²) in [4.78, 5) is 13.0. The zero-order valence-electron chi connectivity index (χ0n) is 20.9. The fourth-order valence-corrected chi connectivity index (χ4v) is 11.3. The van der Waals surface area contributed by atoms with E-state index in [1.807, 2.05) is 24.3 Å². The maximum absolute atomic E-state index is 13.0. The molecule has 0 saturated carbocycles. The molecule has 5 heteroatoms. The van der Waals surface area contributed by atoms with Crippen LogP contribution in [0.1, 0.15) is 64.2 Å². The van der Waals surface area contributed by atoms with Crippen molar-refractivity contribution in [2.45, 2.75) is 70.5 Å². The first kappa shape index (κ1) is 25.8. The lowest BCUT2D eigenvalue weighted by Gasteiger charge is -2.44. The van der Waals surface area contributed by atoms with Gasteiger partial charge < -0.3 is 9.16 Å². The molecule has 2 aromatic carbocycles. The SMILES string of the molecule is COC(=O)[C@@H](c1ccc(Br)cc1)[C@H]1C=C(O[Si](C(C)C)(C(C)C)C(C)C)c2ccccc2C1. The Morgan fingerprint density at radius 1 is 0.939 bits per heavy atom. The Bertz CT molecular complexity index is 973. The van der Waals surface area contributed by atoms with Crippen molar-refractivity contribution in [2.75, 3.05) is 7.11 Å². The molecule has 2 aromatic rings. The molecule has 0 saturated heterocycles. The highest BCUT2D eigenvalue weighted by Crippen LogP contribution is 2.47. The van der Waals surface area contributed by atoms with E-state index in [0.717, 1.165) is 27.8 Å². The van der Waals surface area contributed by atoms with Crippen molar-refractivity contribution < 1.29 is 14.0 Å². The Labute approximate surface area is 208 Å². The van der Waals surface area contributed by atoms with Gasteiger partial charge in [-0.3, -0.25) is 4.79 Å². The summed E-state index contributed by atoms with van der Waals surface area (Å²) in [6, 6.07) is 16.5. The summed E-state index contributed by atoms with van der Waals surface area (Å²) < 4.78 is 13.4. The van der Waals surface area contributed by atoms with Crippen LogP contribution in [-0.4, -0.2) is 21.4 Å². The maximum Gasteiger partial charge on any atom is 0.313 e. The third-order valence-corrected chi connectivity index (χ3v) is 13.7. The second-order valence-electron chi connectivity index (χ2n) is 10.0. The Balaban J connectivity index is 2.13. The molecule has 0 heterocycles. The molecule has 0 bridgehead atoms. The van der Waals surface area contributed by atoms with Crippen molar-refractivity contribution in [1.29, 1.82) is 0 Å². The molecule has 0 aliphatic heterocycles. The Hall–Kier alpha value is -1.85. The van der Waals surface area contributed by atoms with Gasteiger partial charge in [-0.15, -0.1) is 0 Å². The van der Waals surface area contributed by atoms with Crippen molar-refractivity contribution in [2.24, 2.45) is 5.92 Å². The quantitative estimate of drug-likeness (QED) is 0.256. The number of carbonyl (C=O) groups is 1. The van der Waals surface area contributed by atoms with Crippen molar-refractivity contribution in [3.05, 3.63) is 75.8 Å². The molecule has 0 aromatic heterocycles. The van der Waals surface area contributed by atoms with E-state index in [2.05, 4.69) is 87.8 Å². The van der Waals surface area contributed by atoms with E-state index in [4.69, 9.17) is 9.16 Å². The van der Waals surface area contributed by atoms with Gasteiger partial charge >= 0.3 is 5.97 Å². The van der Waals surface area contributed by atoms with Gasteiger partial charge in [0.25, 0.3) is 8.32 Å². The molecule has 0 N–H and O–H groups in total. The highest BCUT2D eigenvalue weighted by molar-refractivity contribution is 9.10. The van der Waals surface area contributed by atoms with Gasteiger partial charge in [-0.25, -0.2) is 0 Å². The van der Waals surface area contributed by atoms with Crippen LogP contribution in [0.15, 0.2) is 59.1 Å². The number of hydrogen-bond donors (Lipinski definition) is 0. The van der Waals surface area contributed by atoms with Crippen LogP contribution in [0.4, 0.5) is 0 Å². The minimum atomic E-state index is -2.16. The molecule has 3 nitrogen and oxygen atoms in total. The van der Waals surface area contributed by atoms with Crippen molar-refractivity contribution in [1.82, 2.24) is 0 Å². The summed E-state index contributed by atoms with van der Waals surface area (Å²) in [6.07, 6.45) is 2.99. The lowest BCUT2D eigenvalue weighted by Crippen LogP contribution is -2.47. The molecular weight excluding hydrogens is 492 g/mol. The monoisotopic (exact) mass is 528 g/mol. The van der Waals surface area contributed by atoms with Crippen LogP contribution in [0.25, 0.3) is 5.76 Å². The minimum Gasteiger partial charge on any atom is -0.542 e. The average Bonchev–Trinajstić information content (AvgIpc) is 2.77. The number of allylic oxidation sites excluding steroid dienone is 1. The van der Waals surface area contributed by atoms with Gasteiger partial charge in [0, 0.05) is 16.0 Å². The van der Waals surface area contributed by atoms with Crippen LogP contribution in [0.2, 0.25) is 16.6 Å². The smallest absolute Gasteiger partial charge is 0.313 e. The van der Waals surface area contributed by atoms with Gasteiger partial charge in [0.2, 0.25) is 0 Å². The van der Waals surface area contributed by atoms with Crippen LogP contribution in [-0.2, 0) is 20.4 Å². The first-order valence-electron chi connectivity index (χ1n) is 11.9. The second kappa shape index (κ2) is 10.6.